The molecule has 152 valence electrons. The topological polar surface area (TPSA) is 65.8 Å². The SMILES string of the molecule is Cc1nn(C)c(C)c1CN(C)C(=O)c1cc(COc2ccc3c(c2)OCO3)cs1. The number of carbonyl (C=O) groups is 1. The first-order chi connectivity index (χ1) is 13.9. The van der Waals surface area contributed by atoms with Gasteiger partial charge in [0.15, 0.2) is 11.5 Å². The number of hydrogen-bond donors (Lipinski definition) is 0. The van der Waals surface area contributed by atoms with Crippen LogP contribution < -0.4 is 14.2 Å². The fourth-order valence-electron chi connectivity index (χ4n) is 3.24. The van der Waals surface area contributed by atoms with Gasteiger partial charge in [-0.3, -0.25) is 9.48 Å². The van der Waals surface area contributed by atoms with E-state index in [2.05, 4.69) is 5.10 Å². The molecule has 0 spiro atoms. The van der Waals surface area contributed by atoms with Crippen molar-refractivity contribution in [3.63, 3.8) is 0 Å². The lowest BCUT2D eigenvalue weighted by Gasteiger charge is -2.16. The van der Waals surface area contributed by atoms with Crippen molar-refractivity contribution in [3.05, 3.63) is 57.0 Å². The van der Waals surface area contributed by atoms with Gasteiger partial charge in [0, 0.05) is 43.5 Å². The van der Waals surface area contributed by atoms with Crippen molar-refractivity contribution in [1.29, 1.82) is 0 Å². The van der Waals surface area contributed by atoms with E-state index in [9.17, 15) is 4.79 Å². The molecule has 7 nitrogen and oxygen atoms in total. The van der Waals surface area contributed by atoms with Crippen LogP contribution in [0.25, 0.3) is 0 Å². The lowest BCUT2D eigenvalue weighted by Crippen LogP contribution is -2.26. The van der Waals surface area contributed by atoms with Crippen LogP contribution in [-0.4, -0.2) is 34.4 Å². The molecule has 1 aliphatic heterocycles. The molecular weight excluding hydrogens is 390 g/mol. The van der Waals surface area contributed by atoms with Gasteiger partial charge in [-0.2, -0.15) is 5.10 Å². The number of thiophene rings is 1. The highest BCUT2D eigenvalue weighted by Gasteiger charge is 2.19. The Bertz CT molecular complexity index is 1060. The molecule has 0 aliphatic carbocycles. The zero-order chi connectivity index (χ0) is 20.5. The molecule has 0 unspecified atom stereocenters. The van der Waals surface area contributed by atoms with E-state index in [-0.39, 0.29) is 12.7 Å². The average molecular weight is 413 g/mol. The van der Waals surface area contributed by atoms with Crippen LogP contribution in [0.1, 0.15) is 32.2 Å². The number of amides is 1. The van der Waals surface area contributed by atoms with E-state index in [4.69, 9.17) is 14.2 Å². The van der Waals surface area contributed by atoms with Crippen molar-refractivity contribution >= 4 is 17.2 Å². The number of carbonyl (C=O) groups excluding carboxylic acids is 1. The summed E-state index contributed by atoms with van der Waals surface area (Å²) in [6, 6.07) is 7.38. The number of ether oxygens (including phenoxy) is 3. The molecule has 29 heavy (non-hydrogen) atoms. The van der Waals surface area contributed by atoms with Gasteiger partial charge in [-0.1, -0.05) is 0 Å². The Kier molecular flexibility index (Phi) is 5.19. The van der Waals surface area contributed by atoms with Crippen LogP contribution in [0.5, 0.6) is 17.2 Å². The second-order valence-corrected chi connectivity index (χ2v) is 7.97. The summed E-state index contributed by atoms with van der Waals surface area (Å²) in [7, 11) is 3.73. The number of aromatic nitrogens is 2. The molecule has 4 rings (SSSR count). The molecule has 0 saturated heterocycles. The average Bonchev–Trinajstić information content (AvgIpc) is 3.42. The Labute approximate surface area is 173 Å². The van der Waals surface area contributed by atoms with Gasteiger partial charge in [0.2, 0.25) is 6.79 Å². The van der Waals surface area contributed by atoms with Crippen LogP contribution in [0.15, 0.2) is 29.6 Å². The van der Waals surface area contributed by atoms with Gasteiger partial charge in [0.05, 0.1) is 10.6 Å². The van der Waals surface area contributed by atoms with Crippen LogP contribution in [0.4, 0.5) is 0 Å². The molecule has 1 amide bonds. The van der Waals surface area contributed by atoms with Crippen LogP contribution in [0.3, 0.4) is 0 Å². The number of nitrogens with zero attached hydrogens (tertiary/aromatic N) is 3. The summed E-state index contributed by atoms with van der Waals surface area (Å²) in [5.74, 6) is 2.11. The maximum Gasteiger partial charge on any atom is 0.263 e. The highest BCUT2D eigenvalue weighted by atomic mass is 32.1. The standard InChI is InChI=1S/C21H23N3O4S/c1-13-17(14(2)24(4)22-13)9-23(3)21(25)20-7-15(11-29-20)10-26-16-5-6-18-19(8-16)28-12-27-18/h5-8,11H,9-10,12H2,1-4H3. The number of rotatable bonds is 6. The molecule has 1 aliphatic rings. The lowest BCUT2D eigenvalue weighted by molar-refractivity contribution is 0.0789. The van der Waals surface area contributed by atoms with Crippen LogP contribution in [-0.2, 0) is 20.2 Å². The predicted octanol–water partition coefficient (Wildman–Crippen LogP) is 3.68. The molecule has 0 atom stereocenters. The van der Waals surface area contributed by atoms with E-state index >= 15 is 0 Å². The van der Waals surface area contributed by atoms with Crippen molar-refractivity contribution in [3.8, 4) is 17.2 Å². The molecule has 3 aromatic rings. The number of aryl methyl sites for hydroxylation is 2. The molecular formula is C21H23N3O4S. The van der Waals surface area contributed by atoms with Crippen molar-refractivity contribution < 1.29 is 19.0 Å². The zero-order valence-corrected chi connectivity index (χ0v) is 17.7. The molecule has 0 N–H and O–H groups in total. The molecule has 1 aromatic carbocycles. The van der Waals surface area contributed by atoms with Crippen LogP contribution >= 0.6 is 11.3 Å². The Balaban J connectivity index is 1.38. The summed E-state index contributed by atoms with van der Waals surface area (Å²) < 4.78 is 18.4. The second kappa shape index (κ2) is 7.79. The molecule has 0 fully saturated rings. The first kappa shape index (κ1) is 19.3. The van der Waals surface area contributed by atoms with Crippen LogP contribution in [0.2, 0.25) is 0 Å². The van der Waals surface area contributed by atoms with Gasteiger partial charge >= 0.3 is 0 Å². The molecule has 8 heteroatoms. The maximum atomic E-state index is 12.8. The van der Waals surface area contributed by atoms with E-state index in [1.807, 2.05) is 62.3 Å². The minimum atomic E-state index is -0.00742. The van der Waals surface area contributed by atoms with Gasteiger partial charge in [-0.15, -0.1) is 11.3 Å². The first-order valence-corrected chi connectivity index (χ1v) is 10.1. The summed E-state index contributed by atoms with van der Waals surface area (Å²) in [6.45, 7) is 5.14. The summed E-state index contributed by atoms with van der Waals surface area (Å²) in [5.41, 5.74) is 4.07. The Morgan fingerprint density at radius 2 is 2.07 bits per heavy atom. The highest BCUT2D eigenvalue weighted by Crippen LogP contribution is 2.35. The first-order valence-electron chi connectivity index (χ1n) is 9.26. The normalized spacial score (nSPS) is 12.3. The molecule has 0 saturated carbocycles. The number of hydrogen-bond acceptors (Lipinski definition) is 6. The summed E-state index contributed by atoms with van der Waals surface area (Å²) in [6.07, 6.45) is 0. The van der Waals surface area contributed by atoms with E-state index in [1.54, 1.807) is 4.90 Å². The fourth-order valence-corrected chi connectivity index (χ4v) is 4.13. The third-order valence-electron chi connectivity index (χ3n) is 5.01. The summed E-state index contributed by atoms with van der Waals surface area (Å²) >= 11 is 1.43. The smallest absolute Gasteiger partial charge is 0.263 e. The molecule has 0 bridgehead atoms. The van der Waals surface area contributed by atoms with E-state index < -0.39 is 0 Å². The molecule has 0 radical (unpaired) electrons. The quantitative estimate of drug-likeness (QED) is 0.617. The monoisotopic (exact) mass is 413 g/mol. The van der Waals surface area contributed by atoms with Gasteiger partial charge in [-0.05, 0) is 37.4 Å². The minimum Gasteiger partial charge on any atom is -0.489 e. The third kappa shape index (κ3) is 3.93. The van der Waals surface area contributed by atoms with Gasteiger partial charge < -0.3 is 19.1 Å². The minimum absolute atomic E-state index is 0.00742. The Hall–Kier alpha value is -3.00. The summed E-state index contributed by atoms with van der Waals surface area (Å²) in [5, 5.41) is 6.38. The Morgan fingerprint density at radius 1 is 1.28 bits per heavy atom. The van der Waals surface area contributed by atoms with Crippen molar-refractivity contribution in [1.82, 2.24) is 14.7 Å². The molecule has 3 heterocycles. The second-order valence-electron chi connectivity index (χ2n) is 7.06. The largest absolute Gasteiger partial charge is 0.489 e. The van der Waals surface area contributed by atoms with Crippen LogP contribution in [0, 0.1) is 13.8 Å². The van der Waals surface area contributed by atoms with E-state index in [1.165, 1.54) is 11.3 Å². The summed E-state index contributed by atoms with van der Waals surface area (Å²) in [4.78, 5) is 15.3. The zero-order valence-electron chi connectivity index (χ0n) is 16.9. The lowest BCUT2D eigenvalue weighted by atomic mass is 10.2. The predicted molar refractivity (Wildman–Crippen MR) is 110 cm³/mol. The van der Waals surface area contributed by atoms with Crippen molar-refractivity contribution in [2.24, 2.45) is 7.05 Å². The fraction of sp³-hybridized carbons (Fsp3) is 0.333. The maximum absolute atomic E-state index is 12.8. The highest BCUT2D eigenvalue weighted by molar-refractivity contribution is 7.12. The van der Waals surface area contributed by atoms with Gasteiger partial charge in [0.25, 0.3) is 5.91 Å². The number of benzene rings is 1. The third-order valence-corrected chi connectivity index (χ3v) is 5.98. The Morgan fingerprint density at radius 3 is 2.83 bits per heavy atom. The van der Waals surface area contributed by atoms with Gasteiger partial charge in [-0.25, -0.2) is 0 Å². The number of fused-ring (bicyclic) bond motifs is 1. The van der Waals surface area contributed by atoms with Gasteiger partial charge in [0.1, 0.15) is 12.4 Å². The van der Waals surface area contributed by atoms with Crippen molar-refractivity contribution in [2.45, 2.75) is 27.0 Å². The van der Waals surface area contributed by atoms with Crippen molar-refractivity contribution in [2.75, 3.05) is 13.8 Å². The van der Waals surface area contributed by atoms with E-state index in [0.717, 1.165) is 28.3 Å². The van der Waals surface area contributed by atoms with E-state index in [0.29, 0.717) is 29.5 Å². The molecule has 2 aromatic heterocycles.